The quantitative estimate of drug-likeness (QED) is 0.664. The number of rotatable bonds is 5. The Labute approximate surface area is 200 Å². The number of aliphatic hydroxyl groups excluding tert-OH is 1. The van der Waals surface area contributed by atoms with Gasteiger partial charge in [-0.15, -0.1) is 0 Å². The molecule has 2 N–H and O–H groups in total. The summed E-state index contributed by atoms with van der Waals surface area (Å²) >= 11 is 5.92. The van der Waals surface area contributed by atoms with Crippen molar-refractivity contribution in [3.8, 4) is 0 Å². The SMILES string of the molecule is O=S1CC2(CC2)c2nc(N3CC4(CC(c5ncc(Cl)cn5)C4)C3)nc(NC3(CO)CCC3)c21. The minimum atomic E-state index is -1.08. The second-order valence-corrected chi connectivity index (χ2v) is 12.8. The fraction of sp³-hybridized carbons (Fsp3) is 0.652. The van der Waals surface area contributed by atoms with Crippen molar-refractivity contribution < 1.29 is 9.32 Å². The van der Waals surface area contributed by atoms with Gasteiger partial charge in [0.2, 0.25) is 5.95 Å². The van der Waals surface area contributed by atoms with E-state index in [1.807, 2.05) is 0 Å². The molecule has 8 nitrogen and oxygen atoms in total. The number of nitrogens with one attached hydrogen (secondary N) is 1. The summed E-state index contributed by atoms with van der Waals surface area (Å²) in [6.07, 6.45) is 10.5. The van der Waals surface area contributed by atoms with Crippen LogP contribution in [0.5, 0.6) is 0 Å². The summed E-state index contributed by atoms with van der Waals surface area (Å²) in [5, 5.41) is 14.1. The first kappa shape index (κ1) is 20.5. The van der Waals surface area contributed by atoms with Crippen LogP contribution in [0.4, 0.5) is 11.8 Å². The van der Waals surface area contributed by atoms with Gasteiger partial charge in [-0.2, -0.15) is 4.98 Å². The van der Waals surface area contributed by atoms with Crippen molar-refractivity contribution in [3.63, 3.8) is 0 Å². The number of aliphatic hydroxyl groups is 1. The molecule has 7 rings (SSSR count). The third kappa shape index (κ3) is 3.08. The van der Waals surface area contributed by atoms with E-state index >= 15 is 0 Å². The first-order chi connectivity index (χ1) is 15.9. The van der Waals surface area contributed by atoms with Gasteiger partial charge in [-0.3, -0.25) is 4.21 Å². The summed E-state index contributed by atoms with van der Waals surface area (Å²) in [4.78, 5) is 21.7. The first-order valence-corrected chi connectivity index (χ1v) is 13.5. The van der Waals surface area contributed by atoms with Gasteiger partial charge < -0.3 is 15.3 Å². The summed E-state index contributed by atoms with van der Waals surface area (Å²) in [6.45, 7) is 1.92. The highest BCUT2D eigenvalue weighted by molar-refractivity contribution is 7.85. The molecule has 1 saturated heterocycles. The molecule has 10 heteroatoms. The molecule has 174 valence electrons. The van der Waals surface area contributed by atoms with E-state index in [-0.39, 0.29) is 23.0 Å². The molecule has 0 bridgehead atoms. The van der Waals surface area contributed by atoms with Crippen molar-refractivity contribution >= 4 is 34.2 Å². The van der Waals surface area contributed by atoms with Crippen molar-refractivity contribution in [2.45, 2.75) is 66.7 Å². The molecule has 1 unspecified atom stereocenters. The maximum Gasteiger partial charge on any atom is 0.227 e. The van der Waals surface area contributed by atoms with E-state index in [4.69, 9.17) is 21.6 Å². The van der Waals surface area contributed by atoms with Crippen molar-refractivity contribution in [2.24, 2.45) is 5.41 Å². The van der Waals surface area contributed by atoms with E-state index in [9.17, 15) is 9.32 Å². The Bertz CT molecular complexity index is 1150. The highest BCUT2D eigenvalue weighted by atomic mass is 35.5. The highest BCUT2D eigenvalue weighted by Gasteiger charge is 2.57. The Morgan fingerprint density at radius 3 is 2.48 bits per heavy atom. The Hall–Kier alpha value is -1.84. The maximum absolute atomic E-state index is 13.0. The predicted molar refractivity (Wildman–Crippen MR) is 125 cm³/mol. The summed E-state index contributed by atoms with van der Waals surface area (Å²) in [5.74, 6) is 3.37. The fourth-order valence-electron chi connectivity index (χ4n) is 6.21. The molecule has 5 aliphatic rings. The van der Waals surface area contributed by atoms with Gasteiger partial charge in [-0.1, -0.05) is 11.6 Å². The Balaban J connectivity index is 1.13. The Kier molecular flexibility index (Phi) is 4.26. The van der Waals surface area contributed by atoms with Crippen molar-refractivity contribution in [2.75, 3.05) is 35.7 Å². The molecular formula is C23H27ClN6O2S. The van der Waals surface area contributed by atoms with Crippen LogP contribution in [-0.4, -0.2) is 60.2 Å². The van der Waals surface area contributed by atoms with Gasteiger partial charge in [0.1, 0.15) is 16.5 Å². The van der Waals surface area contributed by atoms with Crippen LogP contribution in [-0.2, 0) is 16.2 Å². The number of aromatic nitrogens is 4. The smallest absolute Gasteiger partial charge is 0.227 e. The fourth-order valence-corrected chi connectivity index (χ4v) is 8.16. The number of hydrogen-bond donors (Lipinski definition) is 2. The molecule has 2 aromatic heterocycles. The lowest BCUT2D eigenvalue weighted by Gasteiger charge is -2.58. The minimum absolute atomic E-state index is 0.0175. The number of halogens is 1. The van der Waals surface area contributed by atoms with Crippen LogP contribution in [0.3, 0.4) is 0 Å². The van der Waals surface area contributed by atoms with Gasteiger partial charge in [-0.05, 0) is 44.9 Å². The van der Waals surface area contributed by atoms with Crippen molar-refractivity contribution in [1.82, 2.24) is 19.9 Å². The van der Waals surface area contributed by atoms with Gasteiger partial charge in [0.25, 0.3) is 0 Å². The molecule has 3 saturated carbocycles. The first-order valence-electron chi connectivity index (χ1n) is 11.8. The normalized spacial score (nSPS) is 27.6. The molecule has 3 aliphatic carbocycles. The molecule has 2 aliphatic heterocycles. The van der Waals surface area contributed by atoms with E-state index in [1.165, 1.54) is 0 Å². The molecule has 0 aromatic carbocycles. The highest BCUT2D eigenvalue weighted by Crippen LogP contribution is 2.58. The van der Waals surface area contributed by atoms with Gasteiger partial charge in [0, 0.05) is 48.0 Å². The number of fused-ring (bicyclic) bond motifs is 2. The number of anilines is 2. The van der Waals surface area contributed by atoms with E-state index in [0.717, 1.165) is 80.4 Å². The van der Waals surface area contributed by atoms with Gasteiger partial charge in [0.15, 0.2) is 0 Å². The monoisotopic (exact) mass is 486 g/mol. The molecule has 4 fully saturated rings. The predicted octanol–water partition coefficient (Wildman–Crippen LogP) is 2.78. The lowest BCUT2D eigenvalue weighted by Crippen LogP contribution is -2.62. The summed E-state index contributed by atoms with van der Waals surface area (Å²) < 4.78 is 13.0. The standard InChI is InChI=1S/C23H27ClN6O2S/c24-15-8-25-18(26-9-15)14-6-21(7-14)10-30(11-21)20-27-17-16(33(32)13-22(17)4-5-22)19(28-20)29-23(12-31)2-1-3-23/h8-9,14,31H,1-7,10-13H2,(H,27,28,29). The van der Waals surface area contributed by atoms with Crippen LogP contribution >= 0.6 is 11.6 Å². The summed E-state index contributed by atoms with van der Waals surface area (Å²) in [5.41, 5.74) is 0.918. The largest absolute Gasteiger partial charge is 0.394 e. The minimum Gasteiger partial charge on any atom is -0.394 e. The van der Waals surface area contributed by atoms with E-state index < -0.39 is 10.8 Å². The summed E-state index contributed by atoms with van der Waals surface area (Å²) in [7, 11) is -1.08. The third-order valence-corrected chi connectivity index (χ3v) is 10.4. The average molecular weight is 487 g/mol. The van der Waals surface area contributed by atoms with Crippen LogP contribution in [0.2, 0.25) is 5.02 Å². The zero-order valence-electron chi connectivity index (χ0n) is 18.4. The molecule has 33 heavy (non-hydrogen) atoms. The molecule has 1 atom stereocenters. The molecule has 4 heterocycles. The molecular weight excluding hydrogens is 460 g/mol. The van der Waals surface area contributed by atoms with Crippen LogP contribution in [0.15, 0.2) is 17.3 Å². The van der Waals surface area contributed by atoms with E-state index in [1.54, 1.807) is 12.4 Å². The van der Waals surface area contributed by atoms with Gasteiger partial charge >= 0.3 is 0 Å². The molecule has 2 aromatic rings. The molecule has 0 radical (unpaired) electrons. The van der Waals surface area contributed by atoms with E-state index in [0.29, 0.717) is 22.5 Å². The molecule has 2 spiro atoms. The van der Waals surface area contributed by atoms with Gasteiger partial charge in [0.05, 0.1) is 33.7 Å². The second kappa shape index (κ2) is 6.86. The van der Waals surface area contributed by atoms with Crippen LogP contribution in [0.25, 0.3) is 0 Å². The Morgan fingerprint density at radius 2 is 1.88 bits per heavy atom. The molecule has 0 amide bonds. The third-order valence-electron chi connectivity index (χ3n) is 8.54. The zero-order chi connectivity index (χ0) is 22.4. The van der Waals surface area contributed by atoms with Crippen LogP contribution in [0.1, 0.15) is 62.4 Å². The lowest BCUT2D eigenvalue weighted by molar-refractivity contribution is 0.0582. The van der Waals surface area contributed by atoms with Crippen LogP contribution in [0, 0.1) is 5.41 Å². The van der Waals surface area contributed by atoms with E-state index in [2.05, 4.69) is 20.2 Å². The number of nitrogens with zero attached hydrogens (tertiary/aromatic N) is 5. The van der Waals surface area contributed by atoms with Gasteiger partial charge in [-0.25, -0.2) is 15.0 Å². The topological polar surface area (TPSA) is 104 Å². The zero-order valence-corrected chi connectivity index (χ0v) is 20.0. The van der Waals surface area contributed by atoms with Crippen molar-refractivity contribution in [1.29, 1.82) is 0 Å². The Morgan fingerprint density at radius 1 is 1.15 bits per heavy atom. The maximum atomic E-state index is 13.0. The lowest BCUT2D eigenvalue weighted by atomic mass is 9.57. The van der Waals surface area contributed by atoms with Crippen molar-refractivity contribution in [3.05, 3.63) is 28.9 Å². The second-order valence-electron chi connectivity index (χ2n) is 11.0. The summed E-state index contributed by atoms with van der Waals surface area (Å²) in [6, 6.07) is 0. The number of hydrogen-bond acceptors (Lipinski definition) is 8. The van der Waals surface area contributed by atoms with Crippen LogP contribution < -0.4 is 10.2 Å². The average Bonchev–Trinajstić information content (AvgIpc) is 3.43.